The molecule has 21 heavy (non-hydrogen) atoms. The van der Waals surface area contributed by atoms with Crippen LogP contribution in [0.4, 0.5) is 8.78 Å². The van der Waals surface area contributed by atoms with Crippen molar-refractivity contribution in [2.45, 2.75) is 13.1 Å². The molecule has 1 heterocycles. The van der Waals surface area contributed by atoms with Gasteiger partial charge in [0.25, 0.3) is 0 Å². The zero-order valence-corrected chi connectivity index (χ0v) is 11.9. The summed E-state index contributed by atoms with van der Waals surface area (Å²) in [6, 6.07) is 8.91. The normalized spacial score (nSPS) is 11.2. The van der Waals surface area contributed by atoms with Gasteiger partial charge in [-0.25, -0.2) is 8.78 Å². The molecule has 0 saturated carbocycles. The van der Waals surface area contributed by atoms with Gasteiger partial charge in [-0.1, -0.05) is 17.7 Å². The molecule has 0 saturated heterocycles. The third kappa shape index (κ3) is 2.64. The predicted molar refractivity (Wildman–Crippen MR) is 80.3 cm³/mol. The average molecular weight is 307 g/mol. The molecule has 0 atom stereocenters. The van der Waals surface area contributed by atoms with Gasteiger partial charge in [0.1, 0.15) is 11.6 Å². The molecule has 2 aromatic carbocycles. The molecule has 0 aliphatic carbocycles. The van der Waals surface area contributed by atoms with Crippen molar-refractivity contribution in [1.29, 1.82) is 0 Å². The topological polar surface area (TPSA) is 30.9 Å². The van der Waals surface area contributed by atoms with Gasteiger partial charge in [0.15, 0.2) is 0 Å². The number of fused-ring (bicyclic) bond motifs is 1. The lowest BCUT2D eigenvalue weighted by Crippen LogP contribution is -2.01. The van der Waals surface area contributed by atoms with Crippen LogP contribution in [0.25, 0.3) is 10.9 Å². The molecule has 2 nitrogen and oxygen atoms in total. The van der Waals surface area contributed by atoms with Crippen LogP contribution < -0.4 is 5.73 Å². The standard InChI is InChI=1S/C16H13ClF2N2/c17-12-1-3-14-11(7-20)9-21(16(14)6-12)8-10-5-13(18)2-4-15(10)19/h1-6,9H,7-8,20H2. The molecule has 0 fully saturated rings. The molecule has 0 aliphatic rings. The van der Waals surface area contributed by atoms with Crippen LogP contribution in [0, 0.1) is 11.6 Å². The highest BCUT2D eigenvalue weighted by Crippen LogP contribution is 2.26. The van der Waals surface area contributed by atoms with E-state index in [0.29, 0.717) is 11.6 Å². The fourth-order valence-corrected chi connectivity index (χ4v) is 2.65. The largest absolute Gasteiger partial charge is 0.343 e. The Morgan fingerprint density at radius 1 is 1.05 bits per heavy atom. The minimum Gasteiger partial charge on any atom is -0.343 e. The summed E-state index contributed by atoms with van der Waals surface area (Å²) in [5, 5.41) is 1.56. The minimum absolute atomic E-state index is 0.223. The summed E-state index contributed by atoms with van der Waals surface area (Å²) in [6.45, 7) is 0.594. The maximum Gasteiger partial charge on any atom is 0.128 e. The number of nitrogens with two attached hydrogens (primary N) is 1. The Morgan fingerprint density at radius 3 is 2.62 bits per heavy atom. The molecular formula is C16H13ClF2N2. The van der Waals surface area contributed by atoms with Gasteiger partial charge >= 0.3 is 0 Å². The molecule has 0 unspecified atom stereocenters. The second-order valence-corrected chi connectivity index (χ2v) is 5.32. The van der Waals surface area contributed by atoms with E-state index in [9.17, 15) is 8.78 Å². The summed E-state index contributed by atoms with van der Waals surface area (Å²) < 4.78 is 28.9. The summed E-state index contributed by atoms with van der Waals surface area (Å²) in [5.74, 6) is -0.894. The Labute approximate surface area is 125 Å². The van der Waals surface area contributed by atoms with Crippen molar-refractivity contribution in [2.24, 2.45) is 5.73 Å². The fourth-order valence-electron chi connectivity index (χ4n) is 2.48. The van der Waals surface area contributed by atoms with E-state index < -0.39 is 11.6 Å². The summed E-state index contributed by atoms with van der Waals surface area (Å²) in [6.07, 6.45) is 1.85. The zero-order valence-electron chi connectivity index (χ0n) is 11.1. The SMILES string of the molecule is NCc1cn(Cc2cc(F)ccc2F)c2cc(Cl)ccc12. The summed E-state index contributed by atoms with van der Waals surface area (Å²) in [4.78, 5) is 0. The molecule has 0 amide bonds. The van der Waals surface area contributed by atoms with Crippen molar-refractivity contribution < 1.29 is 8.78 Å². The third-order valence-electron chi connectivity index (χ3n) is 3.50. The predicted octanol–water partition coefficient (Wildman–Crippen LogP) is 4.08. The highest BCUT2D eigenvalue weighted by atomic mass is 35.5. The summed E-state index contributed by atoms with van der Waals surface area (Å²) in [7, 11) is 0. The Hall–Kier alpha value is -1.91. The molecule has 0 bridgehead atoms. The Morgan fingerprint density at radius 2 is 1.86 bits per heavy atom. The molecule has 108 valence electrons. The molecule has 5 heteroatoms. The maximum absolute atomic E-state index is 13.8. The Kier molecular flexibility index (Phi) is 3.66. The van der Waals surface area contributed by atoms with Crippen molar-refractivity contribution >= 4 is 22.5 Å². The van der Waals surface area contributed by atoms with Gasteiger partial charge in [0.2, 0.25) is 0 Å². The molecule has 3 rings (SSSR count). The van der Waals surface area contributed by atoms with Crippen molar-refractivity contribution in [2.75, 3.05) is 0 Å². The number of hydrogen-bond donors (Lipinski definition) is 1. The van der Waals surface area contributed by atoms with Gasteiger partial charge in [0.05, 0.1) is 12.1 Å². The van der Waals surface area contributed by atoms with Gasteiger partial charge < -0.3 is 10.3 Å². The van der Waals surface area contributed by atoms with Gasteiger partial charge in [0, 0.05) is 28.7 Å². The van der Waals surface area contributed by atoms with Crippen LogP contribution in [-0.2, 0) is 13.1 Å². The number of nitrogens with zero attached hydrogens (tertiary/aromatic N) is 1. The summed E-state index contributed by atoms with van der Waals surface area (Å²) in [5.41, 5.74) is 7.82. The number of halogens is 3. The van der Waals surface area contributed by atoms with Crippen molar-refractivity contribution in [3.63, 3.8) is 0 Å². The van der Waals surface area contributed by atoms with Crippen LogP contribution in [0.1, 0.15) is 11.1 Å². The van der Waals surface area contributed by atoms with E-state index in [1.807, 2.05) is 16.8 Å². The number of aromatic nitrogens is 1. The van der Waals surface area contributed by atoms with E-state index in [1.165, 1.54) is 6.07 Å². The highest BCUT2D eigenvalue weighted by Gasteiger charge is 2.11. The maximum atomic E-state index is 13.8. The van der Waals surface area contributed by atoms with Crippen LogP contribution >= 0.6 is 11.6 Å². The van der Waals surface area contributed by atoms with E-state index in [0.717, 1.165) is 28.6 Å². The monoisotopic (exact) mass is 306 g/mol. The van der Waals surface area contributed by atoms with Gasteiger partial charge in [-0.3, -0.25) is 0 Å². The van der Waals surface area contributed by atoms with Crippen LogP contribution in [-0.4, -0.2) is 4.57 Å². The molecule has 0 spiro atoms. The molecule has 0 radical (unpaired) electrons. The second kappa shape index (κ2) is 5.47. The van der Waals surface area contributed by atoms with Crippen LogP contribution in [0.5, 0.6) is 0 Å². The van der Waals surface area contributed by atoms with Gasteiger partial charge in [-0.2, -0.15) is 0 Å². The average Bonchev–Trinajstić information content (AvgIpc) is 2.80. The fraction of sp³-hybridized carbons (Fsp3) is 0.125. The van der Waals surface area contributed by atoms with Crippen molar-refractivity contribution in [1.82, 2.24) is 4.57 Å². The van der Waals surface area contributed by atoms with Crippen LogP contribution in [0.2, 0.25) is 5.02 Å². The van der Waals surface area contributed by atoms with E-state index >= 15 is 0 Å². The highest BCUT2D eigenvalue weighted by molar-refractivity contribution is 6.31. The van der Waals surface area contributed by atoms with E-state index in [-0.39, 0.29) is 12.1 Å². The minimum atomic E-state index is -0.458. The van der Waals surface area contributed by atoms with E-state index in [4.69, 9.17) is 17.3 Å². The van der Waals surface area contributed by atoms with Crippen molar-refractivity contribution in [3.05, 3.63) is 70.4 Å². The second-order valence-electron chi connectivity index (χ2n) is 4.88. The van der Waals surface area contributed by atoms with Gasteiger partial charge in [-0.05, 0) is 35.9 Å². The molecule has 2 N–H and O–H groups in total. The molecule has 0 aliphatic heterocycles. The number of hydrogen-bond acceptors (Lipinski definition) is 1. The third-order valence-corrected chi connectivity index (χ3v) is 3.73. The first-order chi connectivity index (χ1) is 10.1. The molecule has 1 aromatic heterocycles. The first-order valence-corrected chi connectivity index (χ1v) is 6.87. The Bertz CT molecular complexity index is 811. The van der Waals surface area contributed by atoms with Crippen LogP contribution in [0.3, 0.4) is 0 Å². The lowest BCUT2D eigenvalue weighted by molar-refractivity contribution is 0.579. The smallest absolute Gasteiger partial charge is 0.128 e. The first kappa shape index (κ1) is 14.0. The number of benzene rings is 2. The van der Waals surface area contributed by atoms with Crippen LogP contribution in [0.15, 0.2) is 42.6 Å². The lowest BCUT2D eigenvalue weighted by Gasteiger charge is -2.07. The van der Waals surface area contributed by atoms with E-state index in [1.54, 1.807) is 12.1 Å². The molecular weight excluding hydrogens is 294 g/mol. The molecule has 3 aromatic rings. The Balaban J connectivity index is 2.12. The number of rotatable bonds is 3. The van der Waals surface area contributed by atoms with Crippen molar-refractivity contribution in [3.8, 4) is 0 Å². The quantitative estimate of drug-likeness (QED) is 0.776. The lowest BCUT2D eigenvalue weighted by atomic mass is 10.2. The first-order valence-electron chi connectivity index (χ1n) is 6.50. The summed E-state index contributed by atoms with van der Waals surface area (Å²) >= 11 is 6.02. The van der Waals surface area contributed by atoms with E-state index in [2.05, 4.69) is 0 Å². The zero-order chi connectivity index (χ0) is 15.0. The van der Waals surface area contributed by atoms with Gasteiger partial charge in [-0.15, -0.1) is 0 Å².